The topological polar surface area (TPSA) is 72.9 Å². The molecular weight excluding hydrogens is 286 g/mol. The largest absolute Gasteiger partial charge is 0.364 e. The Hall–Kier alpha value is -2.21. The Balaban J connectivity index is 1.78. The van der Waals surface area contributed by atoms with Gasteiger partial charge in [0.1, 0.15) is 0 Å². The molecule has 0 spiro atoms. The average molecular weight is 303 g/mol. The van der Waals surface area contributed by atoms with Gasteiger partial charge in [-0.1, -0.05) is 17.2 Å². The highest BCUT2D eigenvalue weighted by atomic mass is 16.7. The first-order chi connectivity index (χ1) is 10.4. The number of rotatable bonds is 4. The number of carbonyl (C=O) groups is 3. The highest BCUT2D eigenvalue weighted by molar-refractivity contribution is 6.21. The number of carbonyl (C=O) groups excluding carboxylic acids is 3. The van der Waals surface area contributed by atoms with Gasteiger partial charge in [0.15, 0.2) is 5.60 Å². The summed E-state index contributed by atoms with van der Waals surface area (Å²) in [6.45, 7) is 3.66. The third kappa shape index (κ3) is 2.20. The van der Waals surface area contributed by atoms with Crippen LogP contribution in [0.4, 0.5) is 0 Å². The van der Waals surface area contributed by atoms with Crippen LogP contribution in [0, 0.1) is 0 Å². The molecule has 0 saturated heterocycles. The lowest BCUT2D eigenvalue weighted by molar-refractivity contribution is -0.213. The van der Waals surface area contributed by atoms with Gasteiger partial charge >= 0.3 is 5.97 Å². The van der Waals surface area contributed by atoms with Crippen molar-refractivity contribution >= 4 is 17.8 Å². The molecule has 6 heteroatoms. The number of ether oxygens (including phenoxy) is 1. The maximum atomic E-state index is 12.4. The summed E-state index contributed by atoms with van der Waals surface area (Å²) in [6, 6.07) is 6.38. The molecule has 3 rings (SSSR count). The summed E-state index contributed by atoms with van der Waals surface area (Å²) in [5.41, 5.74) is -0.552. The molecule has 0 aromatic heterocycles. The third-order valence-electron chi connectivity index (χ3n) is 3.93. The number of imide groups is 1. The van der Waals surface area contributed by atoms with Crippen molar-refractivity contribution in [2.45, 2.75) is 44.8 Å². The van der Waals surface area contributed by atoms with Crippen molar-refractivity contribution in [3.8, 4) is 0 Å². The highest BCUT2D eigenvalue weighted by Crippen LogP contribution is 2.38. The molecule has 1 aliphatic carbocycles. The van der Waals surface area contributed by atoms with Crippen LogP contribution in [0.15, 0.2) is 24.3 Å². The molecule has 1 saturated carbocycles. The van der Waals surface area contributed by atoms with E-state index in [9.17, 15) is 14.4 Å². The van der Waals surface area contributed by atoms with E-state index < -0.39 is 23.4 Å². The Kier molecular flexibility index (Phi) is 3.48. The van der Waals surface area contributed by atoms with E-state index >= 15 is 0 Å². The van der Waals surface area contributed by atoms with E-state index in [1.54, 1.807) is 12.1 Å². The normalized spacial score (nSPS) is 19.1. The van der Waals surface area contributed by atoms with Crippen LogP contribution in [0.2, 0.25) is 0 Å². The van der Waals surface area contributed by atoms with Crippen LogP contribution < -0.4 is 0 Å². The van der Waals surface area contributed by atoms with Gasteiger partial charge < -0.3 is 9.57 Å². The van der Waals surface area contributed by atoms with E-state index in [4.69, 9.17) is 9.57 Å². The fourth-order valence-electron chi connectivity index (χ4n) is 2.74. The summed E-state index contributed by atoms with van der Waals surface area (Å²) in [5.74, 6) is -1.91. The standard InChI is InChI=1S/C16H17NO5/c1-10(2)21-16(8-5-9-16)15(20)22-17-13(18)11-6-3-4-7-12(11)14(17)19/h3-4,6-7,10H,5,8-9H2,1-2H3. The molecule has 0 atom stereocenters. The van der Waals surface area contributed by atoms with E-state index in [0.717, 1.165) is 6.42 Å². The lowest BCUT2D eigenvalue weighted by Crippen LogP contribution is -2.52. The SMILES string of the molecule is CC(C)OC1(C(=O)ON2C(=O)c3ccccc3C2=O)CCC1. The van der Waals surface area contributed by atoms with Gasteiger partial charge in [-0.3, -0.25) is 9.59 Å². The van der Waals surface area contributed by atoms with Crippen LogP contribution >= 0.6 is 0 Å². The first-order valence-corrected chi connectivity index (χ1v) is 7.33. The van der Waals surface area contributed by atoms with Gasteiger partial charge in [-0.05, 0) is 45.2 Å². The smallest absolute Gasteiger partial charge is 0.361 e. The molecule has 1 heterocycles. The van der Waals surface area contributed by atoms with Gasteiger partial charge in [-0.25, -0.2) is 4.79 Å². The average Bonchev–Trinajstić information content (AvgIpc) is 2.68. The summed E-state index contributed by atoms with van der Waals surface area (Å²) in [7, 11) is 0. The van der Waals surface area contributed by atoms with Crippen LogP contribution in [0.3, 0.4) is 0 Å². The number of benzene rings is 1. The number of hydrogen-bond donors (Lipinski definition) is 0. The molecule has 1 fully saturated rings. The van der Waals surface area contributed by atoms with Crippen molar-refractivity contribution in [3.05, 3.63) is 35.4 Å². The maximum absolute atomic E-state index is 12.4. The molecule has 22 heavy (non-hydrogen) atoms. The summed E-state index contributed by atoms with van der Waals surface area (Å²) in [4.78, 5) is 41.9. The minimum absolute atomic E-state index is 0.143. The maximum Gasteiger partial charge on any atom is 0.364 e. The Bertz CT molecular complexity index is 613. The van der Waals surface area contributed by atoms with Crippen molar-refractivity contribution in [2.24, 2.45) is 0 Å². The minimum Gasteiger partial charge on any atom is -0.361 e. The summed E-state index contributed by atoms with van der Waals surface area (Å²) in [5, 5.41) is 0.538. The monoisotopic (exact) mass is 303 g/mol. The van der Waals surface area contributed by atoms with Gasteiger partial charge in [-0.2, -0.15) is 0 Å². The quantitative estimate of drug-likeness (QED) is 0.796. The fourth-order valence-corrected chi connectivity index (χ4v) is 2.74. The zero-order valence-corrected chi connectivity index (χ0v) is 12.5. The van der Waals surface area contributed by atoms with E-state index in [0.29, 0.717) is 17.9 Å². The van der Waals surface area contributed by atoms with E-state index in [1.165, 1.54) is 12.1 Å². The summed E-state index contributed by atoms with van der Waals surface area (Å²) < 4.78 is 5.67. The Morgan fingerprint density at radius 3 is 2.09 bits per heavy atom. The molecule has 0 radical (unpaired) electrons. The van der Waals surface area contributed by atoms with Crippen LogP contribution in [0.5, 0.6) is 0 Å². The molecule has 1 aromatic carbocycles. The van der Waals surface area contributed by atoms with E-state index in [-0.39, 0.29) is 17.2 Å². The van der Waals surface area contributed by atoms with Crippen molar-refractivity contribution < 1.29 is 24.0 Å². The third-order valence-corrected chi connectivity index (χ3v) is 3.93. The molecule has 0 bridgehead atoms. The molecule has 2 amide bonds. The predicted octanol–water partition coefficient (Wildman–Crippen LogP) is 2.09. The summed E-state index contributed by atoms with van der Waals surface area (Å²) in [6.07, 6.45) is 1.78. The van der Waals surface area contributed by atoms with Gasteiger partial charge in [0.2, 0.25) is 0 Å². The lowest BCUT2D eigenvalue weighted by atomic mass is 9.80. The van der Waals surface area contributed by atoms with Crippen molar-refractivity contribution in [1.29, 1.82) is 0 Å². The number of hydrogen-bond acceptors (Lipinski definition) is 5. The van der Waals surface area contributed by atoms with Gasteiger partial charge in [0, 0.05) is 0 Å². The number of nitrogens with zero attached hydrogens (tertiary/aromatic N) is 1. The van der Waals surface area contributed by atoms with Crippen LogP contribution in [0.1, 0.15) is 53.8 Å². The molecule has 0 N–H and O–H groups in total. The fraction of sp³-hybridized carbons (Fsp3) is 0.438. The first-order valence-electron chi connectivity index (χ1n) is 7.33. The zero-order valence-electron chi connectivity index (χ0n) is 12.5. The van der Waals surface area contributed by atoms with Crippen LogP contribution in [-0.2, 0) is 14.4 Å². The van der Waals surface area contributed by atoms with Gasteiger partial charge in [0.25, 0.3) is 11.8 Å². The number of amides is 2. The van der Waals surface area contributed by atoms with Crippen LogP contribution in [-0.4, -0.2) is 34.6 Å². The Labute approximate surface area is 127 Å². The molecule has 0 unspecified atom stereocenters. The molecule has 1 aromatic rings. The second kappa shape index (κ2) is 5.21. The molecule has 2 aliphatic rings. The second-order valence-electron chi connectivity index (χ2n) is 5.84. The summed E-state index contributed by atoms with van der Waals surface area (Å²) >= 11 is 0. The van der Waals surface area contributed by atoms with Crippen molar-refractivity contribution in [2.75, 3.05) is 0 Å². The predicted molar refractivity (Wildman–Crippen MR) is 75.8 cm³/mol. The molecule has 1 aliphatic heterocycles. The zero-order chi connectivity index (χ0) is 15.9. The van der Waals surface area contributed by atoms with Crippen molar-refractivity contribution in [1.82, 2.24) is 5.06 Å². The number of hydroxylamine groups is 2. The van der Waals surface area contributed by atoms with E-state index in [2.05, 4.69) is 0 Å². The molecular formula is C16H17NO5. The van der Waals surface area contributed by atoms with E-state index in [1.807, 2.05) is 13.8 Å². The van der Waals surface area contributed by atoms with Gasteiger partial charge in [0.05, 0.1) is 17.2 Å². The lowest BCUT2D eigenvalue weighted by Gasteiger charge is -2.40. The van der Waals surface area contributed by atoms with Crippen LogP contribution in [0.25, 0.3) is 0 Å². The first kappa shape index (κ1) is 14.7. The Morgan fingerprint density at radius 1 is 1.14 bits per heavy atom. The second-order valence-corrected chi connectivity index (χ2v) is 5.84. The Morgan fingerprint density at radius 2 is 1.68 bits per heavy atom. The molecule has 116 valence electrons. The van der Waals surface area contributed by atoms with Gasteiger partial charge in [-0.15, -0.1) is 0 Å². The van der Waals surface area contributed by atoms with Crippen molar-refractivity contribution in [3.63, 3.8) is 0 Å². The molecule has 6 nitrogen and oxygen atoms in total. The number of fused-ring (bicyclic) bond motifs is 1. The highest BCUT2D eigenvalue weighted by Gasteiger charge is 2.50. The minimum atomic E-state index is -1.04.